The van der Waals surface area contributed by atoms with Gasteiger partial charge in [0.1, 0.15) is 11.8 Å². The second kappa shape index (κ2) is 14.0. The SMILES string of the molecule is CCCCNC(=O)[C@@H](Cc1ccccc1)N(Cc1cccc(C)c1)C(=O)COc1ccc(Cl)cc1Br. The fourth-order valence-electron chi connectivity index (χ4n) is 3.88. The molecule has 0 aliphatic heterocycles. The predicted molar refractivity (Wildman–Crippen MR) is 148 cm³/mol. The Kier molecular flexibility index (Phi) is 10.8. The molecule has 0 aliphatic rings. The number of nitrogens with zero attached hydrogens (tertiary/aromatic N) is 1. The summed E-state index contributed by atoms with van der Waals surface area (Å²) in [6, 6.07) is 22.2. The van der Waals surface area contributed by atoms with Crippen molar-refractivity contribution in [1.29, 1.82) is 0 Å². The number of nitrogens with one attached hydrogen (secondary N) is 1. The monoisotopic (exact) mass is 570 g/mol. The molecule has 3 aromatic carbocycles. The van der Waals surface area contributed by atoms with Gasteiger partial charge >= 0.3 is 0 Å². The van der Waals surface area contributed by atoms with Gasteiger partial charge in [0.2, 0.25) is 5.91 Å². The summed E-state index contributed by atoms with van der Waals surface area (Å²) in [4.78, 5) is 28.7. The lowest BCUT2D eigenvalue weighted by molar-refractivity contribution is -0.142. The summed E-state index contributed by atoms with van der Waals surface area (Å²) in [7, 11) is 0. The van der Waals surface area contributed by atoms with E-state index in [2.05, 4.69) is 28.2 Å². The van der Waals surface area contributed by atoms with Gasteiger partial charge in [-0.05, 0) is 58.6 Å². The van der Waals surface area contributed by atoms with E-state index in [-0.39, 0.29) is 18.4 Å². The van der Waals surface area contributed by atoms with Crippen molar-refractivity contribution in [2.75, 3.05) is 13.2 Å². The number of rotatable bonds is 12. The number of benzene rings is 3. The van der Waals surface area contributed by atoms with Gasteiger partial charge in [0.25, 0.3) is 5.91 Å². The van der Waals surface area contributed by atoms with Crippen LogP contribution in [0.15, 0.2) is 77.3 Å². The molecule has 190 valence electrons. The van der Waals surface area contributed by atoms with Crippen LogP contribution in [0.2, 0.25) is 5.02 Å². The van der Waals surface area contributed by atoms with E-state index in [9.17, 15) is 9.59 Å². The molecule has 1 atom stereocenters. The van der Waals surface area contributed by atoms with Crippen LogP contribution in [-0.4, -0.2) is 35.9 Å². The lowest BCUT2D eigenvalue weighted by Gasteiger charge is -2.31. The van der Waals surface area contributed by atoms with Crippen molar-refractivity contribution in [2.24, 2.45) is 0 Å². The number of carbonyl (C=O) groups is 2. The van der Waals surface area contributed by atoms with E-state index in [0.29, 0.717) is 34.8 Å². The van der Waals surface area contributed by atoms with Crippen LogP contribution in [-0.2, 0) is 22.6 Å². The number of halogens is 2. The highest BCUT2D eigenvalue weighted by atomic mass is 79.9. The zero-order valence-corrected chi connectivity index (χ0v) is 23.0. The fraction of sp³-hybridized carbons (Fsp3) is 0.310. The first-order valence-corrected chi connectivity index (χ1v) is 13.3. The van der Waals surface area contributed by atoms with E-state index in [1.54, 1.807) is 23.1 Å². The van der Waals surface area contributed by atoms with Crippen LogP contribution in [0.5, 0.6) is 5.75 Å². The first kappa shape index (κ1) is 27.8. The van der Waals surface area contributed by atoms with E-state index in [1.165, 1.54) is 0 Å². The summed E-state index contributed by atoms with van der Waals surface area (Å²) in [5.41, 5.74) is 3.03. The molecule has 0 saturated carbocycles. The number of unbranched alkanes of at least 4 members (excludes halogenated alkanes) is 1. The number of ether oxygens (including phenoxy) is 1. The van der Waals surface area contributed by atoms with E-state index in [0.717, 1.165) is 29.5 Å². The van der Waals surface area contributed by atoms with E-state index in [1.807, 2.05) is 61.5 Å². The van der Waals surface area contributed by atoms with Gasteiger partial charge in [0.05, 0.1) is 4.47 Å². The minimum Gasteiger partial charge on any atom is -0.483 e. The first-order valence-electron chi connectivity index (χ1n) is 12.1. The lowest BCUT2D eigenvalue weighted by Crippen LogP contribution is -2.51. The molecule has 2 amide bonds. The minimum absolute atomic E-state index is 0.166. The van der Waals surface area contributed by atoms with Gasteiger partial charge in [0, 0.05) is 24.5 Å². The van der Waals surface area contributed by atoms with Gasteiger partial charge in [-0.1, -0.05) is 85.1 Å². The number of hydrogen-bond donors (Lipinski definition) is 1. The Morgan fingerprint density at radius 1 is 1.03 bits per heavy atom. The van der Waals surface area contributed by atoms with E-state index < -0.39 is 6.04 Å². The highest BCUT2D eigenvalue weighted by Crippen LogP contribution is 2.28. The Hall–Kier alpha value is -2.83. The van der Waals surface area contributed by atoms with Crippen LogP contribution in [0, 0.1) is 6.92 Å². The number of aryl methyl sites for hydroxylation is 1. The molecule has 0 spiro atoms. The zero-order chi connectivity index (χ0) is 25.9. The average Bonchev–Trinajstić information content (AvgIpc) is 2.86. The summed E-state index contributed by atoms with van der Waals surface area (Å²) < 4.78 is 6.50. The topological polar surface area (TPSA) is 58.6 Å². The molecule has 0 aromatic heterocycles. The predicted octanol–water partition coefficient (Wildman–Crippen LogP) is 6.35. The Labute approximate surface area is 226 Å². The summed E-state index contributed by atoms with van der Waals surface area (Å²) in [5.74, 6) is 0.0705. The molecule has 3 rings (SSSR count). The van der Waals surface area contributed by atoms with Crippen LogP contribution in [0.1, 0.15) is 36.5 Å². The number of hydrogen-bond acceptors (Lipinski definition) is 3. The van der Waals surface area contributed by atoms with Gasteiger partial charge in [-0.3, -0.25) is 9.59 Å². The maximum absolute atomic E-state index is 13.6. The third kappa shape index (κ3) is 8.38. The average molecular weight is 572 g/mol. The van der Waals surface area contributed by atoms with Crippen molar-refractivity contribution in [2.45, 2.75) is 45.7 Å². The summed E-state index contributed by atoms with van der Waals surface area (Å²) in [6.45, 7) is 4.74. The van der Waals surface area contributed by atoms with E-state index >= 15 is 0 Å². The highest BCUT2D eigenvalue weighted by molar-refractivity contribution is 9.10. The summed E-state index contributed by atoms with van der Waals surface area (Å²) in [5, 5.41) is 3.59. The summed E-state index contributed by atoms with van der Waals surface area (Å²) >= 11 is 9.46. The third-order valence-electron chi connectivity index (χ3n) is 5.78. The first-order chi connectivity index (χ1) is 17.4. The molecule has 0 unspecified atom stereocenters. The van der Waals surface area contributed by atoms with Crippen molar-refractivity contribution in [1.82, 2.24) is 10.2 Å². The second-order valence-corrected chi connectivity index (χ2v) is 10.0. The highest BCUT2D eigenvalue weighted by Gasteiger charge is 2.30. The number of amides is 2. The molecule has 1 N–H and O–H groups in total. The minimum atomic E-state index is -0.686. The molecule has 36 heavy (non-hydrogen) atoms. The van der Waals surface area contributed by atoms with Crippen molar-refractivity contribution in [3.05, 3.63) is 99.0 Å². The van der Waals surface area contributed by atoms with Crippen molar-refractivity contribution in [3.8, 4) is 5.75 Å². The molecule has 0 saturated heterocycles. The molecular weight excluding hydrogens is 540 g/mol. The lowest BCUT2D eigenvalue weighted by atomic mass is 10.0. The Bertz CT molecular complexity index is 1160. The molecular formula is C29H32BrClN2O3. The standard InChI is InChI=1S/C29H32BrClN2O3/c1-3-4-15-32-29(35)26(17-22-10-6-5-7-11-22)33(19-23-12-8-9-21(2)16-23)28(34)20-36-27-14-13-24(31)18-25(27)30/h5-14,16,18,26H,3-4,15,17,19-20H2,1-2H3,(H,32,35)/t26-/m1/s1. The summed E-state index contributed by atoms with van der Waals surface area (Å²) in [6.07, 6.45) is 2.25. The van der Waals surface area contributed by atoms with Crippen LogP contribution in [0.25, 0.3) is 0 Å². The Morgan fingerprint density at radius 3 is 2.47 bits per heavy atom. The van der Waals surface area contributed by atoms with Crippen molar-refractivity contribution < 1.29 is 14.3 Å². The Morgan fingerprint density at radius 2 is 1.78 bits per heavy atom. The van der Waals surface area contributed by atoms with Crippen LogP contribution in [0.4, 0.5) is 0 Å². The largest absolute Gasteiger partial charge is 0.483 e. The van der Waals surface area contributed by atoms with Gasteiger partial charge in [-0.15, -0.1) is 0 Å². The molecule has 0 radical (unpaired) electrons. The molecule has 0 bridgehead atoms. The van der Waals surface area contributed by atoms with Gasteiger partial charge in [0.15, 0.2) is 6.61 Å². The maximum atomic E-state index is 13.6. The van der Waals surface area contributed by atoms with Crippen molar-refractivity contribution in [3.63, 3.8) is 0 Å². The van der Waals surface area contributed by atoms with Gasteiger partial charge in [-0.25, -0.2) is 0 Å². The van der Waals surface area contributed by atoms with Crippen molar-refractivity contribution >= 4 is 39.3 Å². The number of carbonyl (C=O) groups excluding carboxylic acids is 2. The molecule has 0 aliphatic carbocycles. The molecule has 0 fully saturated rings. The molecule has 3 aromatic rings. The van der Waals surface area contributed by atoms with Gasteiger partial charge in [-0.2, -0.15) is 0 Å². The maximum Gasteiger partial charge on any atom is 0.261 e. The second-order valence-electron chi connectivity index (χ2n) is 8.72. The van der Waals surface area contributed by atoms with Gasteiger partial charge < -0.3 is 15.0 Å². The Balaban J connectivity index is 1.89. The van der Waals surface area contributed by atoms with Crippen LogP contribution >= 0.6 is 27.5 Å². The molecule has 0 heterocycles. The smallest absolute Gasteiger partial charge is 0.261 e. The molecule has 5 nitrogen and oxygen atoms in total. The fourth-order valence-corrected chi connectivity index (χ4v) is 4.68. The van der Waals surface area contributed by atoms with E-state index in [4.69, 9.17) is 16.3 Å². The third-order valence-corrected chi connectivity index (χ3v) is 6.64. The van der Waals surface area contributed by atoms with Crippen LogP contribution < -0.4 is 10.1 Å². The zero-order valence-electron chi connectivity index (χ0n) is 20.7. The van der Waals surface area contributed by atoms with Crippen LogP contribution in [0.3, 0.4) is 0 Å². The quantitative estimate of drug-likeness (QED) is 0.258. The molecule has 7 heteroatoms. The normalized spacial score (nSPS) is 11.6.